The highest BCUT2D eigenvalue weighted by atomic mass is 35.5. The van der Waals surface area contributed by atoms with Crippen LogP contribution in [0.4, 0.5) is 5.69 Å². The third-order valence-electron chi connectivity index (χ3n) is 5.06. The fourth-order valence-corrected chi connectivity index (χ4v) is 3.85. The average Bonchev–Trinajstić information content (AvgIpc) is 3.15. The van der Waals surface area contributed by atoms with Crippen molar-refractivity contribution in [3.63, 3.8) is 0 Å². The molecule has 0 saturated carbocycles. The van der Waals surface area contributed by atoms with Crippen molar-refractivity contribution >= 4 is 45.8 Å². The van der Waals surface area contributed by atoms with Crippen LogP contribution in [0, 0.1) is 0 Å². The van der Waals surface area contributed by atoms with Gasteiger partial charge in [-0.1, -0.05) is 29.3 Å². The molecule has 4 rings (SSSR count). The molecule has 0 bridgehead atoms. The van der Waals surface area contributed by atoms with Crippen molar-refractivity contribution in [2.75, 3.05) is 19.0 Å². The average molecular weight is 470 g/mol. The number of halogens is 2. The van der Waals surface area contributed by atoms with E-state index < -0.39 is 0 Å². The quantitative estimate of drug-likeness (QED) is 0.373. The van der Waals surface area contributed by atoms with Crippen molar-refractivity contribution < 1.29 is 14.3 Å². The van der Waals surface area contributed by atoms with Crippen molar-refractivity contribution in [3.05, 3.63) is 82.1 Å². The van der Waals surface area contributed by atoms with Crippen LogP contribution in [0.25, 0.3) is 11.0 Å². The number of amides is 1. The van der Waals surface area contributed by atoms with Gasteiger partial charge in [0.15, 0.2) is 0 Å². The van der Waals surface area contributed by atoms with Gasteiger partial charge in [0.1, 0.15) is 11.5 Å². The molecule has 1 aromatic heterocycles. The van der Waals surface area contributed by atoms with E-state index in [9.17, 15) is 4.79 Å². The first kappa shape index (κ1) is 22.0. The molecule has 0 spiro atoms. The number of anilines is 1. The van der Waals surface area contributed by atoms with E-state index in [1.807, 2.05) is 35.9 Å². The van der Waals surface area contributed by atoms with Gasteiger partial charge in [-0.25, -0.2) is 4.98 Å². The lowest BCUT2D eigenvalue weighted by molar-refractivity contribution is 0.102. The summed E-state index contributed by atoms with van der Waals surface area (Å²) in [4.78, 5) is 17.3. The molecule has 3 aromatic carbocycles. The van der Waals surface area contributed by atoms with E-state index >= 15 is 0 Å². The van der Waals surface area contributed by atoms with E-state index in [1.54, 1.807) is 43.8 Å². The van der Waals surface area contributed by atoms with Gasteiger partial charge in [0.2, 0.25) is 0 Å². The van der Waals surface area contributed by atoms with Crippen LogP contribution >= 0.6 is 23.2 Å². The van der Waals surface area contributed by atoms with E-state index in [1.165, 1.54) is 0 Å². The molecule has 0 aliphatic carbocycles. The van der Waals surface area contributed by atoms with Gasteiger partial charge in [-0.3, -0.25) is 4.79 Å². The number of methoxy groups -OCH3 is 1. The Kier molecular flexibility index (Phi) is 6.53. The van der Waals surface area contributed by atoms with Crippen LogP contribution in [0.5, 0.6) is 11.5 Å². The number of carbonyl (C=O) groups excluding carboxylic acids is 1. The molecule has 0 aliphatic heterocycles. The van der Waals surface area contributed by atoms with Gasteiger partial charge in [-0.05, 0) is 48.0 Å². The lowest BCUT2D eigenvalue weighted by Crippen LogP contribution is -2.14. The maximum Gasteiger partial charge on any atom is 0.259 e. The first-order chi connectivity index (χ1) is 15.4. The number of aromatic nitrogens is 2. The number of aryl methyl sites for hydroxylation is 1. The number of fused-ring (bicyclic) bond motifs is 1. The van der Waals surface area contributed by atoms with E-state index in [-0.39, 0.29) is 5.91 Å². The highest BCUT2D eigenvalue weighted by Gasteiger charge is 2.15. The van der Waals surface area contributed by atoms with Gasteiger partial charge in [-0.2, -0.15) is 0 Å². The molecule has 6 nitrogen and oxygen atoms in total. The molecule has 164 valence electrons. The van der Waals surface area contributed by atoms with Crippen molar-refractivity contribution in [1.82, 2.24) is 9.55 Å². The van der Waals surface area contributed by atoms with Crippen molar-refractivity contribution in [1.29, 1.82) is 0 Å². The number of rotatable bonds is 7. The molecule has 1 amide bonds. The molecule has 1 heterocycles. The normalized spacial score (nSPS) is 10.9. The summed E-state index contributed by atoms with van der Waals surface area (Å²) < 4.78 is 13.2. The smallest absolute Gasteiger partial charge is 0.259 e. The summed E-state index contributed by atoms with van der Waals surface area (Å²) in [7, 11) is 3.49. The highest BCUT2D eigenvalue weighted by molar-refractivity contribution is 6.35. The summed E-state index contributed by atoms with van der Waals surface area (Å²) in [6.45, 7) is 0.328. The van der Waals surface area contributed by atoms with Crippen molar-refractivity contribution in [2.45, 2.75) is 6.42 Å². The Bertz CT molecular complexity index is 1290. The van der Waals surface area contributed by atoms with E-state index in [2.05, 4.69) is 10.3 Å². The molecule has 0 radical (unpaired) electrons. The maximum atomic E-state index is 13.0. The van der Waals surface area contributed by atoms with Gasteiger partial charge in [0.05, 0.1) is 36.6 Å². The second kappa shape index (κ2) is 9.51. The first-order valence-corrected chi connectivity index (χ1v) is 10.7. The Morgan fingerprint density at radius 1 is 1.09 bits per heavy atom. The van der Waals surface area contributed by atoms with Crippen molar-refractivity contribution in [3.8, 4) is 11.5 Å². The third kappa shape index (κ3) is 4.82. The Morgan fingerprint density at radius 2 is 1.94 bits per heavy atom. The van der Waals surface area contributed by atoms with Crippen LogP contribution in [-0.4, -0.2) is 29.2 Å². The summed E-state index contributed by atoms with van der Waals surface area (Å²) in [5.41, 5.74) is 3.74. The minimum absolute atomic E-state index is 0.289. The number of nitrogens with zero attached hydrogens (tertiary/aromatic N) is 2. The van der Waals surface area contributed by atoms with E-state index in [0.29, 0.717) is 45.8 Å². The van der Waals surface area contributed by atoms with Crippen LogP contribution in [-0.2, 0) is 13.5 Å². The topological polar surface area (TPSA) is 65.4 Å². The predicted molar refractivity (Wildman–Crippen MR) is 127 cm³/mol. The van der Waals surface area contributed by atoms with Crippen LogP contribution in [0.3, 0.4) is 0 Å². The van der Waals surface area contributed by atoms with Crippen molar-refractivity contribution in [2.24, 2.45) is 7.05 Å². The molecule has 0 fully saturated rings. The second-order valence-electron chi connectivity index (χ2n) is 7.21. The molecule has 0 saturated heterocycles. The summed E-state index contributed by atoms with van der Waals surface area (Å²) in [5.74, 6) is 0.726. The Balaban J connectivity index is 1.51. The Morgan fingerprint density at radius 3 is 2.72 bits per heavy atom. The third-order valence-corrected chi connectivity index (χ3v) is 5.65. The van der Waals surface area contributed by atoms with Gasteiger partial charge >= 0.3 is 0 Å². The van der Waals surface area contributed by atoms with E-state index in [4.69, 9.17) is 32.7 Å². The number of carbonyl (C=O) groups is 1. The van der Waals surface area contributed by atoms with Crippen LogP contribution < -0.4 is 14.8 Å². The predicted octanol–water partition coefficient (Wildman–Crippen LogP) is 5.76. The zero-order chi connectivity index (χ0) is 22.7. The molecule has 0 aliphatic rings. The zero-order valence-electron chi connectivity index (χ0n) is 17.6. The lowest BCUT2D eigenvalue weighted by atomic mass is 10.1. The minimum Gasteiger partial charge on any atom is -0.497 e. The number of benzene rings is 3. The number of hydrogen-bond donors (Lipinski definition) is 1. The number of hydrogen-bond acceptors (Lipinski definition) is 4. The largest absolute Gasteiger partial charge is 0.497 e. The standard InChI is InChI=1S/C24H21Cl2N3O3/c1-29-14-27-21-12-17(5-8-22(21)29)28-24(30)19-7-6-18(31-2)13-23(19)32-10-9-15-3-4-16(25)11-20(15)26/h3-8,11-14H,9-10H2,1-2H3,(H,28,30). The van der Waals surface area contributed by atoms with Gasteiger partial charge in [0, 0.05) is 35.3 Å². The first-order valence-electron chi connectivity index (χ1n) is 9.92. The Labute approximate surface area is 195 Å². The molecular weight excluding hydrogens is 449 g/mol. The molecule has 0 unspecified atom stereocenters. The molecule has 4 aromatic rings. The molecular formula is C24H21Cl2N3O3. The molecule has 32 heavy (non-hydrogen) atoms. The SMILES string of the molecule is COc1ccc(C(=O)Nc2ccc3c(c2)ncn3C)c(OCCc2ccc(Cl)cc2Cl)c1. The summed E-state index contributed by atoms with van der Waals surface area (Å²) in [6.07, 6.45) is 2.29. The lowest BCUT2D eigenvalue weighted by Gasteiger charge is -2.14. The summed E-state index contributed by atoms with van der Waals surface area (Å²) in [6, 6.07) is 16.0. The summed E-state index contributed by atoms with van der Waals surface area (Å²) >= 11 is 12.2. The zero-order valence-corrected chi connectivity index (χ0v) is 19.1. The number of imidazole rings is 1. The molecule has 8 heteroatoms. The fraction of sp³-hybridized carbons (Fsp3) is 0.167. The van der Waals surface area contributed by atoms with Crippen LogP contribution in [0.2, 0.25) is 10.0 Å². The van der Waals surface area contributed by atoms with Gasteiger partial charge < -0.3 is 19.4 Å². The molecule has 1 N–H and O–H groups in total. The number of nitrogens with one attached hydrogen (secondary N) is 1. The highest BCUT2D eigenvalue weighted by Crippen LogP contribution is 2.27. The van der Waals surface area contributed by atoms with E-state index in [0.717, 1.165) is 16.6 Å². The van der Waals surface area contributed by atoms with Crippen LogP contribution in [0.15, 0.2) is 60.9 Å². The monoisotopic (exact) mass is 469 g/mol. The summed E-state index contributed by atoms with van der Waals surface area (Å²) in [5, 5.41) is 4.07. The minimum atomic E-state index is -0.289. The Hall–Kier alpha value is -3.22. The second-order valence-corrected chi connectivity index (χ2v) is 8.05. The van der Waals surface area contributed by atoms with Crippen LogP contribution in [0.1, 0.15) is 15.9 Å². The van der Waals surface area contributed by atoms with Gasteiger partial charge in [0.25, 0.3) is 5.91 Å². The molecule has 0 atom stereocenters. The number of ether oxygens (including phenoxy) is 2. The fourth-order valence-electron chi connectivity index (χ4n) is 3.34. The van der Waals surface area contributed by atoms with Gasteiger partial charge in [-0.15, -0.1) is 0 Å². The maximum absolute atomic E-state index is 13.0.